The highest BCUT2D eigenvalue weighted by molar-refractivity contribution is 7.16. The summed E-state index contributed by atoms with van der Waals surface area (Å²) in [6, 6.07) is 8.88. The number of nitrogens with zero attached hydrogens (tertiary/aromatic N) is 2. The molecule has 1 aliphatic heterocycles. The van der Waals surface area contributed by atoms with Gasteiger partial charge in [0.25, 0.3) is 0 Å². The molecule has 0 unspecified atom stereocenters. The Kier molecular flexibility index (Phi) is 3.83. The number of nitrogens with one attached hydrogen (secondary N) is 1. The van der Waals surface area contributed by atoms with Crippen LogP contribution < -0.4 is 14.8 Å². The van der Waals surface area contributed by atoms with Crippen LogP contribution in [0.1, 0.15) is 4.88 Å². The number of thiophene rings is 1. The van der Waals surface area contributed by atoms with Crippen LogP contribution in [0, 0.1) is 0 Å². The maximum atomic E-state index is 12.0. The molecule has 0 radical (unpaired) electrons. The molecule has 9 heteroatoms. The van der Waals surface area contributed by atoms with Crippen molar-refractivity contribution >= 4 is 34.9 Å². The van der Waals surface area contributed by atoms with Gasteiger partial charge in [0.1, 0.15) is 0 Å². The van der Waals surface area contributed by atoms with Crippen LogP contribution in [-0.2, 0) is 11.2 Å². The minimum Gasteiger partial charge on any atom is -0.454 e. The van der Waals surface area contributed by atoms with E-state index in [0.717, 1.165) is 4.88 Å². The summed E-state index contributed by atoms with van der Waals surface area (Å²) in [7, 11) is 0. The number of hydrogen-bond donors (Lipinski definition) is 1. The molecule has 1 aliphatic rings. The zero-order valence-electron chi connectivity index (χ0n) is 12.1. The highest BCUT2D eigenvalue weighted by Crippen LogP contribution is 2.35. The van der Waals surface area contributed by atoms with Gasteiger partial charge in [-0.3, -0.25) is 10.1 Å². The van der Waals surface area contributed by atoms with Gasteiger partial charge in [0.15, 0.2) is 11.5 Å². The van der Waals surface area contributed by atoms with Crippen molar-refractivity contribution in [2.45, 2.75) is 6.42 Å². The van der Waals surface area contributed by atoms with Crippen LogP contribution in [0.5, 0.6) is 11.5 Å². The predicted molar refractivity (Wildman–Crippen MR) is 87.5 cm³/mol. The molecule has 0 fully saturated rings. The van der Waals surface area contributed by atoms with Gasteiger partial charge in [-0.25, -0.2) is 0 Å². The second-order valence-electron chi connectivity index (χ2n) is 4.91. The number of benzene rings is 1. The highest BCUT2D eigenvalue weighted by Gasteiger charge is 2.17. The second-order valence-corrected chi connectivity index (χ2v) is 6.71. The summed E-state index contributed by atoms with van der Waals surface area (Å²) < 4.78 is 16.7. The standard InChI is InChI=1S/C15H10ClN3O4S/c16-12-4-2-9(24-12)6-13(20)17-15-19-18-14(23-15)8-1-3-10-11(5-8)22-7-21-10/h1-5H,6-7H2,(H,17,19,20). The molecule has 2 aromatic heterocycles. The molecule has 1 N–H and O–H groups in total. The number of amides is 1. The SMILES string of the molecule is O=C(Cc1ccc(Cl)s1)Nc1nnc(-c2ccc3c(c2)OCO3)o1. The van der Waals surface area contributed by atoms with Gasteiger partial charge in [-0.2, -0.15) is 0 Å². The molecular weight excluding hydrogens is 354 g/mol. The van der Waals surface area contributed by atoms with E-state index in [0.29, 0.717) is 21.4 Å². The molecule has 0 saturated heterocycles. The zero-order chi connectivity index (χ0) is 16.5. The number of aromatic nitrogens is 2. The number of halogens is 1. The smallest absolute Gasteiger partial charge is 0.322 e. The van der Waals surface area contributed by atoms with E-state index in [9.17, 15) is 4.79 Å². The number of anilines is 1. The molecule has 24 heavy (non-hydrogen) atoms. The third kappa shape index (κ3) is 3.06. The lowest BCUT2D eigenvalue weighted by Gasteiger charge is -1.99. The molecule has 122 valence electrons. The van der Waals surface area contributed by atoms with Gasteiger partial charge in [0.05, 0.1) is 10.8 Å². The van der Waals surface area contributed by atoms with Crippen molar-refractivity contribution in [3.05, 3.63) is 39.5 Å². The van der Waals surface area contributed by atoms with E-state index in [1.165, 1.54) is 11.3 Å². The first-order valence-corrected chi connectivity index (χ1v) is 8.14. The molecule has 0 saturated carbocycles. The van der Waals surface area contributed by atoms with Crippen LogP contribution in [0.2, 0.25) is 4.34 Å². The summed E-state index contributed by atoms with van der Waals surface area (Å²) in [5.74, 6) is 1.31. The lowest BCUT2D eigenvalue weighted by molar-refractivity contribution is -0.115. The van der Waals surface area contributed by atoms with Crippen LogP contribution in [0.4, 0.5) is 6.01 Å². The Morgan fingerprint density at radius 3 is 2.92 bits per heavy atom. The van der Waals surface area contributed by atoms with E-state index in [1.807, 2.05) is 0 Å². The summed E-state index contributed by atoms with van der Waals surface area (Å²) in [5.41, 5.74) is 0.678. The Morgan fingerprint density at radius 2 is 2.08 bits per heavy atom. The van der Waals surface area contributed by atoms with Crippen molar-refractivity contribution < 1.29 is 18.7 Å². The molecule has 3 heterocycles. The normalized spacial score (nSPS) is 12.4. The van der Waals surface area contributed by atoms with Gasteiger partial charge in [0.2, 0.25) is 18.6 Å². The number of fused-ring (bicyclic) bond motifs is 1. The first kappa shape index (κ1) is 15.0. The van der Waals surface area contributed by atoms with E-state index >= 15 is 0 Å². The summed E-state index contributed by atoms with van der Waals surface area (Å²) >= 11 is 7.19. The molecule has 0 atom stereocenters. The van der Waals surface area contributed by atoms with Crippen LogP contribution >= 0.6 is 22.9 Å². The van der Waals surface area contributed by atoms with Crippen molar-refractivity contribution in [1.29, 1.82) is 0 Å². The summed E-state index contributed by atoms with van der Waals surface area (Å²) in [6.45, 7) is 0.191. The Balaban J connectivity index is 1.45. The summed E-state index contributed by atoms with van der Waals surface area (Å²) in [5, 5.41) is 10.3. The number of carbonyl (C=O) groups excluding carboxylic acids is 1. The van der Waals surface area contributed by atoms with E-state index < -0.39 is 0 Å². The lowest BCUT2D eigenvalue weighted by Crippen LogP contribution is -2.13. The molecule has 0 aliphatic carbocycles. The third-order valence-electron chi connectivity index (χ3n) is 3.25. The molecule has 0 bridgehead atoms. The average Bonchev–Trinajstić information content (AvgIpc) is 3.27. The highest BCUT2D eigenvalue weighted by atomic mass is 35.5. The monoisotopic (exact) mass is 363 g/mol. The molecule has 0 spiro atoms. The van der Waals surface area contributed by atoms with Gasteiger partial charge < -0.3 is 13.9 Å². The van der Waals surface area contributed by atoms with E-state index in [4.69, 9.17) is 25.5 Å². The van der Waals surface area contributed by atoms with E-state index in [1.54, 1.807) is 30.3 Å². The van der Waals surface area contributed by atoms with Crippen LogP contribution in [0.3, 0.4) is 0 Å². The second kappa shape index (κ2) is 6.14. The summed E-state index contributed by atoms with van der Waals surface area (Å²) in [6.07, 6.45) is 0.194. The molecule has 4 rings (SSSR count). The Morgan fingerprint density at radius 1 is 1.21 bits per heavy atom. The first-order chi connectivity index (χ1) is 11.7. The fourth-order valence-corrected chi connectivity index (χ4v) is 3.27. The van der Waals surface area contributed by atoms with Crippen molar-refractivity contribution in [1.82, 2.24) is 10.2 Å². The van der Waals surface area contributed by atoms with Crippen molar-refractivity contribution in [2.75, 3.05) is 12.1 Å². The number of carbonyl (C=O) groups is 1. The predicted octanol–water partition coefficient (Wildman–Crippen LogP) is 3.36. The quantitative estimate of drug-likeness (QED) is 0.764. The van der Waals surface area contributed by atoms with Crippen molar-refractivity contribution in [3.8, 4) is 23.0 Å². The Labute approximate surface area is 145 Å². The minimum absolute atomic E-state index is 0.0373. The zero-order valence-corrected chi connectivity index (χ0v) is 13.7. The van der Waals surface area contributed by atoms with Crippen LogP contribution in [0.15, 0.2) is 34.7 Å². The molecule has 3 aromatic rings. The Hall–Kier alpha value is -2.58. The topological polar surface area (TPSA) is 86.5 Å². The fourth-order valence-electron chi connectivity index (χ4n) is 2.19. The molecule has 1 aromatic carbocycles. The minimum atomic E-state index is -0.255. The van der Waals surface area contributed by atoms with Crippen LogP contribution in [0.25, 0.3) is 11.5 Å². The van der Waals surface area contributed by atoms with Gasteiger partial charge in [-0.05, 0) is 30.3 Å². The maximum absolute atomic E-state index is 12.0. The van der Waals surface area contributed by atoms with Gasteiger partial charge >= 0.3 is 6.01 Å². The van der Waals surface area contributed by atoms with Crippen molar-refractivity contribution in [3.63, 3.8) is 0 Å². The number of ether oxygens (including phenoxy) is 2. The van der Waals surface area contributed by atoms with Crippen molar-refractivity contribution in [2.24, 2.45) is 0 Å². The molecule has 1 amide bonds. The maximum Gasteiger partial charge on any atom is 0.322 e. The molecular formula is C15H10ClN3O4S. The van der Waals surface area contributed by atoms with Gasteiger partial charge in [0, 0.05) is 10.4 Å². The first-order valence-electron chi connectivity index (χ1n) is 6.95. The molecule has 7 nitrogen and oxygen atoms in total. The largest absolute Gasteiger partial charge is 0.454 e. The summed E-state index contributed by atoms with van der Waals surface area (Å²) in [4.78, 5) is 12.8. The average molecular weight is 364 g/mol. The van der Waals surface area contributed by atoms with Gasteiger partial charge in [-0.15, -0.1) is 16.4 Å². The number of rotatable bonds is 4. The number of hydrogen-bond acceptors (Lipinski definition) is 7. The lowest BCUT2D eigenvalue weighted by atomic mass is 10.2. The van der Waals surface area contributed by atoms with E-state index in [-0.39, 0.29) is 31.0 Å². The van der Waals surface area contributed by atoms with Crippen LogP contribution in [-0.4, -0.2) is 22.9 Å². The van der Waals surface area contributed by atoms with Gasteiger partial charge in [-0.1, -0.05) is 16.7 Å². The third-order valence-corrected chi connectivity index (χ3v) is 4.49. The van der Waals surface area contributed by atoms with E-state index in [2.05, 4.69) is 15.5 Å². The Bertz CT molecular complexity index is 908. The fraction of sp³-hybridized carbons (Fsp3) is 0.133.